The highest BCUT2D eigenvalue weighted by molar-refractivity contribution is 7.88. The van der Waals surface area contributed by atoms with Crippen molar-refractivity contribution < 1.29 is 18.0 Å². The zero-order chi connectivity index (χ0) is 20.9. The maximum absolute atomic E-state index is 12.7. The number of thiophene rings is 1. The van der Waals surface area contributed by atoms with Crippen LogP contribution in [0.25, 0.3) is 0 Å². The van der Waals surface area contributed by atoms with Crippen molar-refractivity contribution in [1.82, 2.24) is 9.62 Å². The molecule has 0 aliphatic carbocycles. The highest BCUT2D eigenvalue weighted by atomic mass is 32.2. The Labute approximate surface area is 174 Å². The van der Waals surface area contributed by atoms with Gasteiger partial charge in [-0.3, -0.25) is 9.59 Å². The van der Waals surface area contributed by atoms with E-state index in [1.807, 2.05) is 11.4 Å². The van der Waals surface area contributed by atoms with E-state index in [-0.39, 0.29) is 24.1 Å². The number of rotatable bonds is 8. The Bertz CT molecular complexity index is 970. The van der Waals surface area contributed by atoms with Crippen molar-refractivity contribution in [3.63, 3.8) is 0 Å². The average molecular weight is 434 g/mol. The smallest absolute Gasteiger partial charge is 0.264 e. The molecule has 1 atom stereocenters. The first-order valence-corrected chi connectivity index (χ1v) is 11.8. The molecular formula is C20H23N3O4S2. The summed E-state index contributed by atoms with van der Waals surface area (Å²) in [5, 5.41) is 4.67. The molecule has 2 heterocycles. The average Bonchev–Trinajstić information content (AvgIpc) is 3.39. The first-order chi connectivity index (χ1) is 13.9. The maximum atomic E-state index is 12.7. The van der Waals surface area contributed by atoms with Crippen LogP contribution in [0.15, 0.2) is 54.4 Å². The molecule has 0 unspecified atom stereocenters. The second-order valence-corrected chi connectivity index (χ2v) is 9.47. The Morgan fingerprint density at radius 3 is 2.66 bits per heavy atom. The van der Waals surface area contributed by atoms with Gasteiger partial charge in [0.1, 0.15) is 6.04 Å². The van der Waals surface area contributed by atoms with Crippen LogP contribution in [0.1, 0.15) is 28.1 Å². The second-order valence-electron chi connectivity index (χ2n) is 6.72. The summed E-state index contributed by atoms with van der Waals surface area (Å²) in [4.78, 5) is 27.6. The lowest BCUT2D eigenvalue weighted by molar-refractivity contribution is -0.119. The summed E-state index contributed by atoms with van der Waals surface area (Å²) in [6.07, 6.45) is 2.88. The van der Waals surface area contributed by atoms with Crippen LogP contribution in [-0.2, 0) is 20.6 Å². The van der Waals surface area contributed by atoms with E-state index in [2.05, 4.69) is 16.6 Å². The van der Waals surface area contributed by atoms with Crippen LogP contribution in [0, 0.1) is 0 Å². The molecule has 9 heteroatoms. The van der Waals surface area contributed by atoms with Crippen molar-refractivity contribution in [3.8, 4) is 0 Å². The van der Waals surface area contributed by atoms with Crippen molar-refractivity contribution in [3.05, 3.63) is 64.9 Å². The fourth-order valence-electron chi connectivity index (χ4n) is 3.19. The van der Waals surface area contributed by atoms with Gasteiger partial charge in [-0.05, 0) is 42.0 Å². The fraction of sp³-hybridized carbons (Fsp3) is 0.300. The van der Waals surface area contributed by atoms with Crippen molar-refractivity contribution in [2.24, 2.45) is 0 Å². The van der Waals surface area contributed by atoms with Gasteiger partial charge in [-0.25, -0.2) is 13.1 Å². The number of nitrogens with one attached hydrogen (secondary N) is 2. The third-order valence-electron chi connectivity index (χ3n) is 4.57. The number of likely N-dealkylation sites (tertiary alicyclic amines) is 1. The van der Waals surface area contributed by atoms with Crippen LogP contribution < -0.4 is 10.0 Å². The molecule has 1 saturated heterocycles. The molecule has 29 heavy (non-hydrogen) atoms. The molecule has 2 amide bonds. The van der Waals surface area contributed by atoms with E-state index in [1.54, 1.807) is 35.2 Å². The minimum absolute atomic E-state index is 0.120. The lowest BCUT2D eigenvalue weighted by Gasteiger charge is -2.23. The van der Waals surface area contributed by atoms with E-state index in [0.717, 1.165) is 6.42 Å². The zero-order valence-electron chi connectivity index (χ0n) is 15.8. The van der Waals surface area contributed by atoms with Gasteiger partial charge >= 0.3 is 0 Å². The summed E-state index contributed by atoms with van der Waals surface area (Å²) in [7, 11) is -3.44. The summed E-state index contributed by atoms with van der Waals surface area (Å²) in [6, 6.07) is 9.72. The van der Waals surface area contributed by atoms with Crippen molar-refractivity contribution >= 4 is 38.9 Å². The number of nitrogens with zero attached hydrogens (tertiary/aromatic N) is 1. The summed E-state index contributed by atoms with van der Waals surface area (Å²) in [6.45, 7) is 4.22. The Balaban J connectivity index is 1.61. The van der Waals surface area contributed by atoms with Gasteiger partial charge < -0.3 is 10.2 Å². The number of carbonyl (C=O) groups is 2. The number of sulfonamides is 1. The molecule has 1 aromatic heterocycles. The van der Waals surface area contributed by atoms with Gasteiger partial charge in [0.25, 0.3) is 5.91 Å². The molecule has 2 aromatic rings. The number of benzene rings is 1. The van der Waals surface area contributed by atoms with Gasteiger partial charge in [0, 0.05) is 18.8 Å². The van der Waals surface area contributed by atoms with Crippen LogP contribution >= 0.6 is 11.3 Å². The lowest BCUT2D eigenvalue weighted by Crippen LogP contribution is -2.42. The Morgan fingerprint density at radius 1 is 1.24 bits per heavy atom. The SMILES string of the molecule is C=CCNS(=O)(=O)Cc1ccc(NC(=O)[C@@H]2CCCN2C(=O)c2cccs2)cc1. The standard InChI is InChI=1S/C20H23N3O4S2/c1-2-11-21-29(26,27)14-15-7-9-16(10-8-15)22-19(24)17-5-3-12-23(17)20(25)18-6-4-13-28-18/h2,4,6-10,13,17,21H,1,3,5,11-12,14H2,(H,22,24)/t17-/m0/s1. The van der Waals surface area contributed by atoms with Crippen molar-refractivity contribution in [1.29, 1.82) is 0 Å². The molecule has 0 radical (unpaired) electrons. The maximum Gasteiger partial charge on any atom is 0.264 e. The lowest BCUT2D eigenvalue weighted by atomic mass is 10.2. The number of hydrogen-bond acceptors (Lipinski definition) is 5. The van der Waals surface area contributed by atoms with Gasteiger partial charge in [0.2, 0.25) is 15.9 Å². The summed E-state index contributed by atoms with van der Waals surface area (Å²) in [5.41, 5.74) is 1.17. The number of carbonyl (C=O) groups excluding carboxylic acids is 2. The normalized spacial score (nSPS) is 16.6. The Kier molecular flexibility index (Phi) is 6.83. The molecule has 0 bridgehead atoms. The third kappa shape index (κ3) is 5.53. The monoisotopic (exact) mass is 433 g/mol. The molecule has 1 fully saturated rings. The highest BCUT2D eigenvalue weighted by Crippen LogP contribution is 2.23. The van der Waals surface area contributed by atoms with Gasteiger partial charge in [-0.2, -0.15) is 0 Å². The van der Waals surface area contributed by atoms with Gasteiger partial charge in [-0.1, -0.05) is 24.3 Å². The van der Waals surface area contributed by atoms with Gasteiger partial charge in [0.05, 0.1) is 10.6 Å². The molecule has 2 N–H and O–H groups in total. The predicted octanol–water partition coefficient (Wildman–Crippen LogP) is 2.60. The Morgan fingerprint density at radius 2 is 2.00 bits per heavy atom. The summed E-state index contributed by atoms with van der Waals surface area (Å²) >= 11 is 1.36. The molecule has 1 aliphatic heterocycles. The molecule has 0 saturated carbocycles. The van der Waals surface area contributed by atoms with Crippen LogP contribution in [-0.4, -0.2) is 44.3 Å². The highest BCUT2D eigenvalue weighted by Gasteiger charge is 2.34. The molecule has 154 valence electrons. The van der Waals surface area contributed by atoms with E-state index in [9.17, 15) is 18.0 Å². The summed E-state index contributed by atoms with van der Waals surface area (Å²) in [5.74, 6) is -0.508. The molecule has 1 aromatic carbocycles. The minimum atomic E-state index is -3.44. The molecule has 1 aliphatic rings. The number of amides is 2. The van der Waals surface area contributed by atoms with E-state index >= 15 is 0 Å². The van der Waals surface area contributed by atoms with Crippen molar-refractivity contribution in [2.75, 3.05) is 18.4 Å². The minimum Gasteiger partial charge on any atom is -0.326 e. The molecule has 0 spiro atoms. The third-order valence-corrected chi connectivity index (χ3v) is 6.75. The van der Waals surface area contributed by atoms with Crippen LogP contribution in [0.3, 0.4) is 0 Å². The first-order valence-electron chi connectivity index (χ1n) is 9.22. The largest absolute Gasteiger partial charge is 0.326 e. The van der Waals surface area contributed by atoms with Gasteiger partial charge in [0.15, 0.2) is 0 Å². The van der Waals surface area contributed by atoms with Crippen molar-refractivity contribution in [2.45, 2.75) is 24.6 Å². The Hall–Kier alpha value is -2.49. The second kappa shape index (κ2) is 9.34. The van der Waals surface area contributed by atoms with E-state index in [0.29, 0.717) is 29.1 Å². The van der Waals surface area contributed by atoms with E-state index in [4.69, 9.17) is 0 Å². The quantitative estimate of drug-likeness (QED) is 0.626. The fourth-order valence-corrected chi connectivity index (χ4v) is 4.97. The van der Waals surface area contributed by atoms with Crippen LogP contribution in [0.2, 0.25) is 0 Å². The molecule has 3 rings (SSSR count). The van der Waals surface area contributed by atoms with E-state index in [1.165, 1.54) is 17.4 Å². The molecule has 7 nitrogen and oxygen atoms in total. The van der Waals surface area contributed by atoms with Crippen LogP contribution in [0.5, 0.6) is 0 Å². The summed E-state index contributed by atoms with van der Waals surface area (Å²) < 4.78 is 26.3. The zero-order valence-corrected chi connectivity index (χ0v) is 17.5. The number of hydrogen-bond donors (Lipinski definition) is 2. The predicted molar refractivity (Wildman–Crippen MR) is 114 cm³/mol. The molecular weight excluding hydrogens is 410 g/mol. The van der Waals surface area contributed by atoms with Gasteiger partial charge in [-0.15, -0.1) is 17.9 Å². The van der Waals surface area contributed by atoms with E-state index < -0.39 is 16.1 Å². The van der Waals surface area contributed by atoms with Crippen LogP contribution in [0.4, 0.5) is 5.69 Å². The topological polar surface area (TPSA) is 95.6 Å². The first kappa shape index (κ1) is 21.2. The number of anilines is 1.